The second-order valence-corrected chi connectivity index (χ2v) is 7.06. The average Bonchev–Trinajstić information content (AvgIpc) is 2.66. The molecule has 2 amide bonds. The third-order valence-corrected chi connectivity index (χ3v) is 4.82. The fourth-order valence-electron chi connectivity index (χ4n) is 3.34. The number of amides is 2. The number of rotatable bonds is 6. The molecule has 0 atom stereocenters. The van der Waals surface area contributed by atoms with Crippen molar-refractivity contribution < 1.29 is 32.6 Å². The molecule has 1 aliphatic heterocycles. The zero-order chi connectivity index (χ0) is 20.8. The quantitative estimate of drug-likeness (QED) is 0.519. The van der Waals surface area contributed by atoms with Gasteiger partial charge in [-0.05, 0) is 30.3 Å². The standard InChI is InChI=1S/C20H21F3N4O2/c21-14-3-1-4-15(11-14)24-18(28)12-26-7-9-27(10-8-26)13-19(29)25-20-16(22)5-2-6-17(20)23/h1-6,11H,7-10,12-13H2,(H,24,28)(H,25,29)/p+2. The van der Waals surface area contributed by atoms with Crippen LogP contribution in [-0.2, 0) is 9.59 Å². The van der Waals surface area contributed by atoms with Crippen LogP contribution in [0.1, 0.15) is 0 Å². The highest BCUT2D eigenvalue weighted by Crippen LogP contribution is 2.17. The maximum absolute atomic E-state index is 13.6. The van der Waals surface area contributed by atoms with Gasteiger partial charge in [0, 0.05) is 5.69 Å². The summed E-state index contributed by atoms with van der Waals surface area (Å²) in [6, 6.07) is 9.11. The molecule has 0 unspecified atom stereocenters. The number of nitrogens with one attached hydrogen (secondary N) is 4. The van der Waals surface area contributed by atoms with Gasteiger partial charge < -0.3 is 20.4 Å². The first-order valence-electron chi connectivity index (χ1n) is 9.37. The number of quaternary nitrogens is 2. The zero-order valence-electron chi connectivity index (χ0n) is 15.7. The number of para-hydroxylation sites is 1. The Bertz CT molecular complexity index is 866. The lowest BCUT2D eigenvalue weighted by atomic mass is 10.2. The molecule has 0 bridgehead atoms. The molecule has 2 aromatic rings. The maximum atomic E-state index is 13.6. The van der Waals surface area contributed by atoms with E-state index < -0.39 is 29.0 Å². The van der Waals surface area contributed by atoms with E-state index >= 15 is 0 Å². The van der Waals surface area contributed by atoms with Gasteiger partial charge in [-0.15, -0.1) is 0 Å². The smallest absolute Gasteiger partial charge is 0.279 e. The van der Waals surface area contributed by atoms with E-state index in [1.807, 2.05) is 0 Å². The van der Waals surface area contributed by atoms with Gasteiger partial charge >= 0.3 is 0 Å². The Morgan fingerprint density at radius 2 is 1.31 bits per heavy atom. The van der Waals surface area contributed by atoms with Crippen molar-refractivity contribution in [3.05, 3.63) is 59.9 Å². The van der Waals surface area contributed by atoms with Gasteiger partial charge in [0.15, 0.2) is 13.1 Å². The number of piperazine rings is 1. The van der Waals surface area contributed by atoms with Gasteiger partial charge in [-0.3, -0.25) is 9.59 Å². The summed E-state index contributed by atoms with van der Waals surface area (Å²) in [5.41, 5.74) is -0.0223. The molecule has 1 heterocycles. The average molecular weight is 408 g/mol. The SMILES string of the molecule is O=C(C[NH+]1CC[NH+](CC(=O)Nc2c(F)cccc2F)CC1)Nc1cccc(F)c1. The van der Waals surface area contributed by atoms with Gasteiger partial charge in [-0.25, -0.2) is 13.2 Å². The number of hydrogen-bond donors (Lipinski definition) is 4. The largest absolute Gasteiger partial charge is 0.321 e. The first kappa shape index (κ1) is 20.8. The zero-order valence-corrected chi connectivity index (χ0v) is 15.7. The van der Waals surface area contributed by atoms with Crippen LogP contribution < -0.4 is 20.4 Å². The third kappa shape index (κ3) is 6.03. The number of carbonyl (C=O) groups is 2. The molecule has 29 heavy (non-hydrogen) atoms. The Hall–Kier alpha value is -2.91. The van der Waals surface area contributed by atoms with Crippen LogP contribution in [0, 0.1) is 17.5 Å². The molecule has 0 aliphatic carbocycles. The van der Waals surface area contributed by atoms with E-state index in [-0.39, 0.29) is 19.0 Å². The first-order chi connectivity index (χ1) is 13.9. The summed E-state index contributed by atoms with van der Waals surface area (Å²) in [5.74, 6) is -2.71. The Morgan fingerprint density at radius 3 is 1.86 bits per heavy atom. The molecule has 4 N–H and O–H groups in total. The highest BCUT2D eigenvalue weighted by molar-refractivity contribution is 5.92. The molecule has 154 valence electrons. The second kappa shape index (κ2) is 9.53. The molecule has 0 aromatic heterocycles. The van der Waals surface area contributed by atoms with Crippen molar-refractivity contribution in [3.8, 4) is 0 Å². The van der Waals surface area contributed by atoms with Crippen LogP contribution in [0.15, 0.2) is 42.5 Å². The molecule has 3 rings (SSSR count). The fourth-order valence-corrected chi connectivity index (χ4v) is 3.34. The van der Waals surface area contributed by atoms with E-state index in [0.717, 1.165) is 21.9 Å². The molecule has 0 saturated carbocycles. The monoisotopic (exact) mass is 408 g/mol. The Labute approximate surface area is 166 Å². The number of carbonyl (C=O) groups excluding carboxylic acids is 2. The molecule has 1 saturated heterocycles. The summed E-state index contributed by atoms with van der Waals surface area (Å²) in [5, 5.41) is 4.96. The van der Waals surface area contributed by atoms with Crippen LogP contribution in [0.2, 0.25) is 0 Å². The summed E-state index contributed by atoms with van der Waals surface area (Å²) in [6.45, 7) is 2.99. The summed E-state index contributed by atoms with van der Waals surface area (Å²) in [4.78, 5) is 26.3. The van der Waals surface area contributed by atoms with E-state index in [9.17, 15) is 22.8 Å². The van der Waals surface area contributed by atoms with Crippen LogP contribution in [0.25, 0.3) is 0 Å². The first-order valence-corrected chi connectivity index (χ1v) is 9.37. The van der Waals surface area contributed by atoms with Crippen LogP contribution in [0.4, 0.5) is 24.5 Å². The van der Waals surface area contributed by atoms with E-state index in [2.05, 4.69) is 10.6 Å². The highest BCUT2D eigenvalue weighted by atomic mass is 19.1. The van der Waals surface area contributed by atoms with Gasteiger partial charge in [-0.2, -0.15) is 0 Å². The van der Waals surface area contributed by atoms with Crippen molar-refractivity contribution in [2.45, 2.75) is 0 Å². The molecule has 0 radical (unpaired) electrons. The van der Waals surface area contributed by atoms with Gasteiger partial charge in [0.25, 0.3) is 11.8 Å². The van der Waals surface area contributed by atoms with Crippen molar-refractivity contribution >= 4 is 23.2 Å². The Morgan fingerprint density at radius 1 is 0.793 bits per heavy atom. The van der Waals surface area contributed by atoms with Crippen molar-refractivity contribution in [1.82, 2.24) is 0 Å². The van der Waals surface area contributed by atoms with E-state index in [0.29, 0.717) is 31.9 Å². The van der Waals surface area contributed by atoms with E-state index in [1.165, 1.54) is 24.3 Å². The topological polar surface area (TPSA) is 67.1 Å². The summed E-state index contributed by atoms with van der Waals surface area (Å²) < 4.78 is 40.4. The molecule has 6 nitrogen and oxygen atoms in total. The molecule has 1 fully saturated rings. The van der Waals surface area contributed by atoms with E-state index in [1.54, 1.807) is 6.07 Å². The normalized spacial score (nSPS) is 18.9. The highest BCUT2D eigenvalue weighted by Gasteiger charge is 2.27. The molecule has 0 spiro atoms. The number of halogens is 3. The van der Waals surface area contributed by atoms with Crippen LogP contribution in [-0.4, -0.2) is 51.1 Å². The minimum Gasteiger partial charge on any atom is -0.321 e. The predicted octanol–water partition coefficient (Wildman–Crippen LogP) is -0.535. The predicted molar refractivity (Wildman–Crippen MR) is 101 cm³/mol. The van der Waals surface area contributed by atoms with Gasteiger partial charge in [0.1, 0.15) is 49.3 Å². The minimum absolute atomic E-state index is 0.0938. The van der Waals surface area contributed by atoms with Crippen molar-refractivity contribution in [3.63, 3.8) is 0 Å². The number of benzene rings is 2. The molecular weight excluding hydrogens is 385 g/mol. The lowest BCUT2D eigenvalue weighted by Gasteiger charge is -2.29. The molecule has 9 heteroatoms. The van der Waals surface area contributed by atoms with Gasteiger partial charge in [0.2, 0.25) is 0 Å². The lowest BCUT2D eigenvalue weighted by molar-refractivity contribution is -1.00. The summed E-state index contributed by atoms with van der Waals surface area (Å²) >= 11 is 0. The van der Waals surface area contributed by atoms with Crippen LogP contribution >= 0.6 is 0 Å². The van der Waals surface area contributed by atoms with Crippen molar-refractivity contribution in [1.29, 1.82) is 0 Å². The minimum atomic E-state index is -0.813. The Balaban J connectivity index is 1.42. The fraction of sp³-hybridized carbons (Fsp3) is 0.300. The summed E-state index contributed by atoms with van der Waals surface area (Å²) in [7, 11) is 0. The van der Waals surface area contributed by atoms with Gasteiger partial charge in [0.05, 0.1) is 0 Å². The maximum Gasteiger partial charge on any atom is 0.279 e. The molecule has 2 aromatic carbocycles. The van der Waals surface area contributed by atoms with Crippen LogP contribution in [0.3, 0.4) is 0 Å². The lowest BCUT2D eigenvalue weighted by Crippen LogP contribution is -3.28. The van der Waals surface area contributed by atoms with E-state index in [4.69, 9.17) is 0 Å². The number of hydrogen-bond acceptors (Lipinski definition) is 2. The van der Waals surface area contributed by atoms with Gasteiger partial charge in [-0.1, -0.05) is 12.1 Å². The molecule has 1 aliphatic rings. The Kier molecular flexibility index (Phi) is 6.84. The van der Waals surface area contributed by atoms with Crippen molar-refractivity contribution in [2.75, 3.05) is 49.9 Å². The van der Waals surface area contributed by atoms with Crippen LogP contribution in [0.5, 0.6) is 0 Å². The molecular formula is C20H23F3N4O2+2. The number of anilines is 2. The van der Waals surface area contributed by atoms with Crippen molar-refractivity contribution in [2.24, 2.45) is 0 Å². The second-order valence-electron chi connectivity index (χ2n) is 7.06. The third-order valence-electron chi connectivity index (χ3n) is 4.82. The summed E-state index contributed by atoms with van der Waals surface area (Å²) in [6.07, 6.45) is 0.